The van der Waals surface area contributed by atoms with E-state index in [1.807, 2.05) is 6.92 Å². The first-order chi connectivity index (χ1) is 14.0. The van der Waals surface area contributed by atoms with Crippen molar-refractivity contribution in [3.63, 3.8) is 0 Å². The van der Waals surface area contributed by atoms with Gasteiger partial charge in [-0.2, -0.15) is 13.2 Å². The molecule has 1 fully saturated rings. The second-order valence-corrected chi connectivity index (χ2v) is 8.04. The monoisotopic (exact) mass is 423 g/mol. The molecule has 0 spiro atoms. The summed E-state index contributed by atoms with van der Waals surface area (Å²) in [7, 11) is 1.69. The summed E-state index contributed by atoms with van der Waals surface area (Å²) in [5.41, 5.74) is 1.62. The van der Waals surface area contributed by atoms with Crippen LogP contribution in [0.2, 0.25) is 0 Å². The Kier molecular flexibility index (Phi) is 4.86. The molecule has 2 aromatic rings. The normalized spacial score (nSPS) is 16.6. The quantitative estimate of drug-likeness (QED) is 0.713. The molecule has 5 nitrogen and oxygen atoms in total. The van der Waals surface area contributed by atoms with E-state index >= 15 is 0 Å². The van der Waals surface area contributed by atoms with E-state index in [2.05, 4.69) is 0 Å². The number of alkyl halides is 3. The molecule has 3 heterocycles. The lowest BCUT2D eigenvalue weighted by Crippen LogP contribution is -2.48. The number of rotatable bonds is 3. The number of carbonyl (C=O) groups excluding carboxylic acids is 1. The number of hydrogen-bond donors (Lipinski definition) is 0. The van der Waals surface area contributed by atoms with Crippen LogP contribution >= 0.6 is 0 Å². The summed E-state index contributed by atoms with van der Waals surface area (Å²) in [5, 5.41) is 0. The molecule has 1 saturated heterocycles. The third-order valence-electron chi connectivity index (χ3n) is 5.98. The highest BCUT2D eigenvalue weighted by Gasteiger charge is 2.37. The summed E-state index contributed by atoms with van der Waals surface area (Å²) < 4.78 is 53.7. The Morgan fingerprint density at radius 1 is 1.17 bits per heavy atom. The first kappa shape index (κ1) is 20.4. The van der Waals surface area contributed by atoms with Crippen LogP contribution in [0.25, 0.3) is 0 Å². The van der Waals surface area contributed by atoms with Crippen LogP contribution in [0.5, 0.6) is 0 Å². The van der Waals surface area contributed by atoms with Gasteiger partial charge < -0.3 is 14.4 Å². The Morgan fingerprint density at radius 3 is 2.53 bits per heavy atom. The van der Waals surface area contributed by atoms with Gasteiger partial charge in [-0.1, -0.05) is 0 Å². The fourth-order valence-corrected chi connectivity index (χ4v) is 4.17. The highest BCUT2D eigenvalue weighted by Crippen LogP contribution is 2.36. The average molecular weight is 423 g/mol. The number of hydrogen-bond acceptors (Lipinski definition) is 3. The number of aromatic nitrogens is 1. The van der Waals surface area contributed by atoms with Crippen molar-refractivity contribution in [2.24, 2.45) is 13.0 Å². The maximum Gasteiger partial charge on any atom is 0.419 e. The van der Waals surface area contributed by atoms with Gasteiger partial charge in [0.1, 0.15) is 5.82 Å². The number of benzene rings is 1. The van der Waals surface area contributed by atoms with Gasteiger partial charge in [-0.05, 0) is 36.2 Å². The van der Waals surface area contributed by atoms with Crippen LogP contribution in [0.1, 0.15) is 28.8 Å². The number of pyridine rings is 1. The molecule has 0 bridgehead atoms. The molecule has 0 radical (unpaired) electrons. The highest BCUT2D eigenvalue weighted by molar-refractivity contribution is 5.77. The van der Waals surface area contributed by atoms with Crippen LogP contribution in [0.15, 0.2) is 29.1 Å². The second-order valence-electron chi connectivity index (χ2n) is 8.04. The largest absolute Gasteiger partial charge is 0.419 e. The molecule has 1 aromatic carbocycles. The summed E-state index contributed by atoms with van der Waals surface area (Å²) in [6.07, 6.45) is -4.46. The third-order valence-corrected chi connectivity index (χ3v) is 5.98. The van der Waals surface area contributed by atoms with Gasteiger partial charge in [-0.3, -0.25) is 9.59 Å². The summed E-state index contributed by atoms with van der Waals surface area (Å²) in [5.74, 6) is -1.32. The summed E-state index contributed by atoms with van der Waals surface area (Å²) in [6, 6.07) is 4.52. The van der Waals surface area contributed by atoms with E-state index in [4.69, 9.17) is 0 Å². The Balaban J connectivity index is 1.37. The van der Waals surface area contributed by atoms with E-state index < -0.39 is 17.6 Å². The van der Waals surface area contributed by atoms with E-state index in [1.165, 1.54) is 6.07 Å². The van der Waals surface area contributed by atoms with Gasteiger partial charge in [0.25, 0.3) is 5.56 Å². The average Bonchev–Trinajstić information content (AvgIpc) is 3.08. The van der Waals surface area contributed by atoms with Crippen LogP contribution in [0.4, 0.5) is 23.2 Å². The molecule has 2 aliphatic rings. The van der Waals surface area contributed by atoms with E-state index in [9.17, 15) is 27.2 Å². The Bertz CT molecular complexity index is 1070. The Morgan fingerprint density at radius 2 is 1.87 bits per heavy atom. The van der Waals surface area contributed by atoms with E-state index in [-0.39, 0.29) is 23.8 Å². The number of fused-ring (bicyclic) bond motifs is 1. The van der Waals surface area contributed by atoms with E-state index in [0.717, 1.165) is 29.0 Å². The molecule has 0 saturated carbocycles. The molecule has 2 aliphatic heterocycles. The zero-order valence-electron chi connectivity index (χ0n) is 16.6. The van der Waals surface area contributed by atoms with Gasteiger partial charge >= 0.3 is 6.18 Å². The van der Waals surface area contributed by atoms with Crippen LogP contribution in [0.3, 0.4) is 0 Å². The Labute approximate surface area is 170 Å². The highest BCUT2D eigenvalue weighted by atomic mass is 19.4. The van der Waals surface area contributed by atoms with Gasteiger partial charge in [-0.25, -0.2) is 4.39 Å². The fourth-order valence-electron chi connectivity index (χ4n) is 4.17. The number of halogens is 4. The van der Waals surface area contributed by atoms with Gasteiger partial charge in [0.15, 0.2) is 0 Å². The fraction of sp³-hybridized carbons (Fsp3) is 0.429. The van der Waals surface area contributed by atoms with Gasteiger partial charge in [0, 0.05) is 56.5 Å². The van der Waals surface area contributed by atoms with Crippen LogP contribution in [0, 0.1) is 18.7 Å². The van der Waals surface area contributed by atoms with Crippen LogP contribution in [-0.2, 0) is 31.1 Å². The molecule has 30 heavy (non-hydrogen) atoms. The smallest absolute Gasteiger partial charge is 0.371 e. The molecule has 1 aromatic heterocycles. The SMILES string of the molecule is Cc1cc(=O)n(C)c2c1CN(C(=O)CC1CN(c3ccc(F)c(C(F)(F)F)c3)C1)C2. The zero-order chi connectivity index (χ0) is 21.8. The summed E-state index contributed by atoms with van der Waals surface area (Å²) in [4.78, 5) is 28.1. The molecular formula is C21H21F4N3O2. The van der Waals surface area contributed by atoms with E-state index in [1.54, 1.807) is 27.5 Å². The lowest BCUT2D eigenvalue weighted by atomic mass is 9.94. The second kappa shape index (κ2) is 7.14. The number of carbonyl (C=O) groups is 1. The topological polar surface area (TPSA) is 45.6 Å². The zero-order valence-corrected chi connectivity index (χ0v) is 16.6. The number of aryl methyl sites for hydroxylation is 1. The van der Waals surface area contributed by atoms with Crippen molar-refractivity contribution in [1.29, 1.82) is 0 Å². The van der Waals surface area contributed by atoms with Crippen molar-refractivity contribution in [2.45, 2.75) is 32.6 Å². The van der Waals surface area contributed by atoms with E-state index in [0.29, 0.717) is 31.9 Å². The lowest BCUT2D eigenvalue weighted by molar-refractivity contribution is -0.140. The first-order valence-corrected chi connectivity index (χ1v) is 9.62. The van der Waals surface area contributed by atoms with Gasteiger partial charge in [0.05, 0.1) is 12.1 Å². The molecule has 9 heteroatoms. The van der Waals surface area contributed by atoms with Crippen molar-refractivity contribution in [2.75, 3.05) is 18.0 Å². The van der Waals surface area contributed by atoms with Crippen LogP contribution < -0.4 is 10.5 Å². The predicted molar refractivity (Wildman–Crippen MR) is 102 cm³/mol. The molecule has 4 rings (SSSR count). The minimum absolute atomic E-state index is 0.0190. The molecule has 0 atom stereocenters. The van der Waals surface area contributed by atoms with Crippen molar-refractivity contribution < 1.29 is 22.4 Å². The Hall–Kier alpha value is -2.84. The van der Waals surface area contributed by atoms with Crippen molar-refractivity contribution >= 4 is 11.6 Å². The molecular weight excluding hydrogens is 402 g/mol. The predicted octanol–water partition coefficient (Wildman–Crippen LogP) is 3.22. The third kappa shape index (κ3) is 3.57. The molecule has 0 unspecified atom stereocenters. The van der Waals surface area contributed by atoms with Crippen molar-refractivity contribution in [1.82, 2.24) is 9.47 Å². The number of amides is 1. The molecule has 1 amide bonds. The first-order valence-electron chi connectivity index (χ1n) is 9.62. The standard InChI is InChI=1S/C21H21F4N3O2/c1-12-5-19(29)26(2)18-11-28(10-15(12)18)20(30)6-13-8-27(9-13)14-3-4-17(22)16(7-14)21(23,24)25/h3-5,7,13H,6,8-11H2,1-2H3. The molecule has 0 N–H and O–H groups in total. The van der Waals surface area contributed by atoms with Gasteiger partial charge in [0.2, 0.25) is 5.91 Å². The van der Waals surface area contributed by atoms with Crippen molar-refractivity contribution in [3.8, 4) is 0 Å². The lowest BCUT2D eigenvalue weighted by Gasteiger charge is -2.41. The maximum atomic E-state index is 13.5. The minimum atomic E-state index is -4.75. The maximum absolute atomic E-state index is 13.5. The summed E-state index contributed by atoms with van der Waals surface area (Å²) >= 11 is 0. The minimum Gasteiger partial charge on any atom is -0.371 e. The van der Waals surface area contributed by atoms with Crippen molar-refractivity contribution in [3.05, 3.63) is 62.8 Å². The molecule has 0 aliphatic carbocycles. The molecule has 160 valence electrons. The number of anilines is 1. The number of nitrogens with zero attached hydrogens (tertiary/aromatic N) is 3. The van der Waals surface area contributed by atoms with Gasteiger partial charge in [-0.15, -0.1) is 0 Å². The van der Waals surface area contributed by atoms with Crippen LogP contribution in [-0.4, -0.2) is 28.5 Å². The summed E-state index contributed by atoms with van der Waals surface area (Å²) in [6.45, 7) is 3.57.